The Morgan fingerprint density at radius 1 is 1.03 bits per heavy atom. The predicted octanol–water partition coefficient (Wildman–Crippen LogP) is 1.32. The number of amides is 1. The van der Waals surface area contributed by atoms with Gasteiger partial charge in [-0.05, 0) is 12.1 Å². The van der Waals surface area contributed by atoms with Gasteiger partial charge in [0.1, 0.15) is 0 Å². The highest BCUT2D eigenvalue weighted by Crippen LogP contribution is 2.15. The summed E-state index contributed by atoms with van der Waals surface area (Å²) in [6, 6.07) is 9.90. The van der Waals surface area contributed by atoms with Gasteiger partial charge in [-0.3, -0.25) is 25.0 Å². The summed E-state index contributed by atoms with van der Waals surface area (Å²) in [4.78, 5) is 31.6. The van der Waals surface area contributed by atoms with Crippen LogP contribution in [0.2, 0.25) is 0 Å². The monoisotopic (exact) mass is 421 g/mol. The molecule has 0 spiro atoms. The minimum Gasteiger partial charge on any atom is -0.273 e. The molecule has 0 unspecified atom stereocenters. The molecule has 12 nitrogen and oxygen atoms in total. The van der Waals surface area contributed by atoms with Crippen molar-refractivity contribution in [3.05, 3.63) is 74.3 Å². The molecule has 0 atom stereocenters. The minimum atomic E-state index is -3.93. The van der Waals surface area contributed by atoms with Gasteiger partial charge in [-0.15, -0.1) is 0 Å². The first-order valence-electron chi connectivity index (χ1n) is 7.99. The van der Waals surface area contributed by atoms with Crippen LogP contribution in [-0.2, 0) is 14.8 Å². The van der Waals surface area contributed by atoms with Crippen molar-refractivity contribution in [1.82, 2.24) is 10.1 Å². The Balaban J connectivity index is 1.83. The molecule has 2 aromatic rings. The normalized spacial score (nSPS) is 11.3. The number of benzene rings is 2. The number of carbonyl (C=O) groups is 1. The lowest BCUT2D eigenvalue weighted by atomic mass is 10.2. The first-order chi connectivity index (χ1) is 13.7. The molecule has 1 amide bonds. The molecule has 0 aromatic heterocycles. The van der Waals surface area contributed by atoms with Gasteiger partial charge in [-0.25, -0.2) is 18.6 Å². The van der Waals surface area contributed by atoms with E-state index in [4.69, 9.17) is 0 Å². The maximum Gasteiger partial charge on any atom is 0.270 e. The fraction of sp³-hybridized carbons (Fsp3) is 0.125. The van der Waals surface area contributed by atoms with Crippen LogP contribution in [0.25, 0.3) is 0 Å². The van der Waals surface area contributed by atoms with E-state index < -0.39 is 25.8 Å². The largest absolute Gasteiger partial charge is 0.273 e. The van der Waals surface area contributed by atoms with E-state index >= 15 is 0 Å². The summed E-state index contributed by atoms with van der Waals surface area (Å²) in [7, 11) is -3.93. The van der Waals surface area contributed by atoms with Crippen LogP contribution >= 0.6 is 0 Å². The average Bonchev–Trinajstić information content (AvgIpc) is 2.68. The van der Waals surface area contributed by atoms with Gasteiger partial charge in [0.05, 0.1) is 21.0 Å². The fourth-order valence-corrected chi connectivity index (χ4v) is 3.11. The molecule has 0 fully saturated rings. The zero-order valence-corrected chi connectivity index (χ0v) is 15.5. The lowest BCUT2D eigenvalue weighted by molar-refractivity contribution is -0.385. The summed E-state index contributed by atoms with van der Waals surface area (Å²) in [5.74, 6) is -0.585. The summed E-state index contributed by atoms with van der Waals surface area (Å²) in [5.41, 5.74) is 2.21. The number of hydrazone groups is 1. The van der Waals surface area contributed by atoms with E-state index in [1.807, 2.05) is 0 Å². The molecule has 0 saturated heterocycles. The van der Waals surface area contributed by atoms with Crippen LogP contribution in [0.15, 0.2) is 58.5 Å². The number of nitro benzene ring substituents is 2. The van der Waals surface area contributed by atoms with Gasteiger partial charge < -0.3 is 0 Å². The molecule has 152 valence electrons. The van der Waals surface area contributed by atoms with Gasteiger partial charge in [0.25, 0.3) is 11.4 Å². The smallest absolute Gasteiger partial charge is 0.270 e. The minimum absolute atomic E-state index is 0.124. The molecule has 0 aliphatic heterocycles. The predicted molar refractivity (Wildman–Crippen MR) is 102 cm³/mol. The number of hydrogen-bond acceptors (Lipinski definition) is 8. The van der Waals surface area contributed by atoms with Crippen molar-refractivity contribution in [3.8, 4) is 0 Å². The third-order valence-corrected chi connectivity index (χ3v) is 4.96. The average molecular weight is 421 g/mol. The number of non-ortho nitro benzene ring substituents is 2. The summed E-state index contributed by atoms with van der Waals surface area (Å²) in [6.45, 7) is -0.225. The standard InChI is InChI=1S/C16H15N5O7S/c22-16(19-17-11-12-2-1-3-14(10-12)21(25)26)8-9-18-29(27,28)15-6-4-13(5-7-15)20(23)24/h1-7,10-11,18H,8-9H2,(H,19,22)/b17-11-. The molecule has 29 heavy (non-hydrogen) atoms. The molecule has 2 rings (SSSR count). The van der Waals surface area contributed by atoms with Gasteiger partial charge in [0, 0.05) is 42.8 Å². The van der Waals surface area contributed by atoms with Crippen molar-refractivity contribution >= 4 is 33.5 Å². The van der Waals surface area contributed by atoms with Crippen molar-refractivity contribution in [2.24, 2.45) is 5.10 Å². The van der Waals surface area contributed by atoms with Crippen LogP contribution < -0.4 is 10.1 Å². The van der Waals surface area contributed by atoms with E-state index in [9.17, 15) is 33.4 Å². The molecule has 0 saturated carbocycles. The summed E-state index contributed by atoms with van der Waals surface area (Å²) in [6.07, 6.45) is 0.991. The Labute approximate surface area is 164 Å². The SMILES string of the molecule is O=C(CCNS(=O)(=O)c1ccc([N+](=O)[O-])cc1)N/N=C\c1cccc([N+](=O)[O-])c1. The maximum atomic E-state index is 12.1. The first kappa shape index (κ1) is 21.6. The quantitative estimate of drug-likeness (QED) is 0.349. The third-order valence-electron chi connectivity index (χ3n) is 3.49. The number of nitro groups is 2. The van der Waals surface area contributed by atoms with Crippen LogP contribution in [0.5, 0.6) is 0 Å². The van der Waals surface area contributed by atoms with E-state index in [0.29, 0.717) is 5.56 Å². The molecule has 0 heterocycles. The molecule has 13 heteroatoms. The second-order valence-corrected chi connectivity index (χ2v) is 7.31. The van der Waals surface area contributed by atoms with Crippen LogP contribution in [0, 0.1) is 20.2 Å². The van der Waals surface area contributed by atoms with Crippen LogP contribution in [0.3, 0.4) is 0 Å². The van der Waals surface area contributed by atoms with Gasteiger partial charge in [0.2, 0.25) is 15.9 Å². The van der Waals surface area contributed by atoms with E-state index in [1.165, 1.54) is 24.4 Å². The number of hydrogen-bond donors (Lipinski definition) is 2. The van der Waals surface area contributed by atoms with E-state index in [1.54, 1.807) is 6.07 Å². The van der Waals surface area contributed by atoms with Gasteiger partial charge in [-0.1, -0.05) is 12.1 Å². The zero-order valence-electron chi connectivity index (χ0n) is 14.7. The summed E-state index contributed by atoms with van der Waals surface area (Å²) < 4.78 is 26.4. The van der Waals surface area contributed by atoms with Crippen molar-refractivity contribution < 1.29 is 23.1 Å². The highest BCUT2D eigenvalue weighted by molar-refractivity contribution is 7.89. The van der Waals surface area contributed by atoms with E-state index in [-0.39, 0.29) is 29.2 Å². The topological polar surface area (TPSA) is 174 Å². The lowest BCUT2D eigenvalue weighted by Crippen LogP contribution is -2.29. The molecule has 0 radical (unpaired) electrons. The Hall–Kier alpha value is -3.71. The van der Waals surface area contributed by atoms with Crippen LogP contribution in [0.4, 0.5) is 11.4 Å². The Kier molecular flexibility index (Phi) is 7.05. The molecule has 0 aliphatic rings. The van der Waals surface area contributed by atoms with Crippen molar-refractivity contribution in [2.45, 2.75) is 11.3 Å². The molecular formula is C16H15N5O7S. The Bertz CT molecular complexity index is 1050. The fourth-order valence-electron chi connectivity index (χ4n) is 2.08. The van der Waals surface area contributed by atoms with E-state index in [2.05, 4.69) is 15.2 Å². The Morgan fingerprint density at radius 3 is 2.31 bits per heavy atom. The highest BCUT2D eigenvalue weighted by atomic mass is 32.2. The van der Waals surface area contributed by atoms with Crippen molar-refractivity contribution in [2.75, 3.05) is 6.54 Å². The Morgan fingerprint density at radius 2 is 1.69 bits per heavy atom. The third kappa shape index (κ3) is 6.44. The zero-order chi connectivity index (χ0) is 21.4. The lowest BCUT2D eigenvalue weighted by Gasteiger charge is -2.06. The summed E-state index contributed by atoms with van der Waals surface area (Å²) in [5, 5.41) is 24.9. The highest BCUT2D eigenvalue weighted by Gasteiger charge is 2.16. The molecular weight excluding hydrogens is 406 g/mol. The number of sulfonamides is 1. The number of nitrogens with one attached hydrogen (secondary N) is 2. The number of carbonyl (C=O) groups excluding carboxylic acids is 1. The van der Waals surface area contributed by atoms with Crippen LogP contribution in [-0.4, -0.2) is 36.9 Å². The second kappa shape index (κ2) is 9.48. The van der Waals surface area contributed by atoms with Gasteiger partial charge >= 0.3 is 0 Å². The number of rotatable bonds is 9. The first-order valence-corrected chi connectivity index (χ1v) is 9.48. The van der Waals surface area contributed by atoms with Crippen molar-refractivity contribution in [3.63, 3.8) is 0 Å². The summed E-state index contributed by atoms with van der Waals surface area (Å²) >= 11 is 0. The number of nitrogens with zero attached hydrogens (tertiary/aromatic N) is 3. The van der Waals surface area contributed by atoms with Crippen molar-refractivity contribution in [1.29, 1.82) is 0 Å². The van der Waals surface area contributed by atoms with Gasteiger partial charge in [0.15, 0.2) is 0 Å². The molecule has 0 bridgehead atoms. The van der Waals surface area contributed by atoms with Crippen LogP contribution in [0.1, 0.15) is 12.0 Å². The van der Waals surface area contributed by atoms with Gasteiger partial charge in [-0.2, -0.15) is 5.10 Å². The van der Waals surface area contributed by atoms with E-state index in [0.717, 1.165) is 24.3 Å². The maximum absolute atomic E-state index is 12.1. The molecule has 2 aromatic carbocycles. The molecule has 2 N–H and O–H groups in total. The molecule has 0 aliphatic carbocycles. The second-order valence-electron chi connectivity index (χ2n) is 5.54.